The lowest BCUT2D eigenvalue weighted by Gasteiger charge is -2.37. The molecule has 0 aromatic carbocycles. The van der Waals surface area contributed by atoms with Crippen molar-refractivity contribution in [2.24, 2.45) is 17.3 Å². The maximum absolute atomic E-state index is 12.7. The third kappa shape index (κ3) is 3.87. The summed E-state index contributed by atoms with van der Waals surface area (Å²) in [7, 11) is 0. The molecule has 1 heterocycles. The minimum Gasteiger partial charge on any atom is -0.354 e. The van der Waals surface area contributed by atoms with Crippen molar-refractivity contribution in [1.82, 2.24) is 16.0 Å². The van der Waals surface area contributed by atoms with Crippen molar-refractivity contribution in [3.63, 3.8) is 0 Å². The summed E-state index contributed by atoms with van der Waals surface area (Å²) in [5.41, 5.74) is -0.188. The molecule has 0 bridgehead atoms. The molecule has 1 saturated heterocycles. The van der Waals surface area contributed by atoms with Crippen molar-refractivity contribution in [3.8, 4) is 0 Å². The lowest BCUT2D eigenvalue weighted by molar-refractivity contribution is -0.134. The Morgan fingerprint density at radius 3 is 2.57 bits per heavy atom. The van der Waals surface area contributed by atoms with E-state index in [1.165, 1.54) is 38.5 Å². The van der Waals surface area contributed by atoms with Gasteiger partial charge in [0, 0.05) is 26.1 Å². The van der Waals surface area contributed by atoms with Crippen molar-refractivity contribution in [1.29, 1.82) is 0 Å². The van der Waals surface area contributed by atoms with Gasteiger partial charge in [0.15, 0.2) is 0 Å². The Hall–Kier alpha value is -1.10. The molecule has 3 N–H and O–H groups in total. The van der Waals surface area contributed by atoms with Gasteiger partial charge >= 0.3 is 0 Å². The second-order valence-electron chi connectivity index (χ2n) is 7.69. The Morgan fingerprint density at radius 2 is 1.74 bits per heavy atom. The second-order valence-corrected chi connectivity index (χ2v) is 7.69. The average Bonchev–Trinajstić information content (AvgIpc) is 3.20. The van der Waals surface area contributed by atoms with Crippen LogP contribution in [0.2, 0.25) is 0 Å². The van der Waals surface area contributed by atoms with Gasteiger partial charge in [0.25, 0.3) is 0 Å². The molecule has 2 saturated carbocycles. The van der Waals surface area contributed by atoms with Gasteiger partial charge in [-0.25, -0.2) is 0 Å². The van der Waals surface area contributed by atoms with Crippen LogP contribution in [-0.2, 0) is 9.59 Å². The summed E-state index contributed by atoms with van der Waals surface area (Å²) in [5.74, 6) is 1.41. The molecular weight excluding hydrogens is 290 g/mol. The van der Waals surface area contributed by atoms with Gasteiger partial charge in [0.1, 0.15) is 0 Å². The van der Waals surface area contributed by atoms with Crippen LogP contribution in [0.4, 0.5) is 0 Å². The molecule has 2 aliphatic carbocycles. The Kier molecular flexibility index (Phi) is 5.57. The summed E-state index contributed by atoms with van der Waals surface area (Å²) in [6, 6.07) is 0. The molecule has 5 nitrogen and oxygen atoms in total. The van der Waals surface area contributed by atoms with Crippen LogP contribution in [-0.4, -0.2) is 38.0 Å². The lowest BCUT2D eigenvalue weighted by atomic mass is 9.67. The molecular formula is C18H31N3O2. The van der Waals surface area contributed by atoms with E-state index in [2.05, 4.69) is 16.0 Å². The van der Waals surface area contributed by atoms with Crippen LogP contribution in [0.1, 0.15) is 57.8 Å². The number of fused-ring (bicyclic) bond motifs is 1. The molecule has 0 spiro atoms. The Morgan fingerprint density at radius 1 is 1.00 bits per heavy atom. The van der Waals surface area contributed by atoms with Gasteiger partial charge in [-0.2, -0.15) is 0 Å². The quantitative estimate of drug-likeness (QED) is 0.651. The number of hydrogen-bond donors (Lipinski definition) is 3. The van der Waals surface area contributed by atoms with Crippen LogP contribution in [0.25, 0.3) is 0 Å². The molecule has 130 valence electrons. The minimum atomic E-state index is -0.188. The van der Waals surface area contributed by atoms with Crippen LogP contribution in [0, 0.1) is 17.3 Å². The van der Waals surface area contributed by atoms with E-state index in [1.807, 2.05) is 0 Å². The van der Waals surface area contributed by atoms with E-state index in [9.17, 15) is 9.59 Å². The predicted octanol–water partition coefficient (Wildman–Crippen LogP) is 1.58. The normalized spacial score (nSPS) is 30.9. The van der Waals surface area contributed by atoms with Gasteiger partial charge in [0.05, 0.1) is 5.41 Å². The molecule has 1 aliphatic heterocycles. The highest BCUT2D eigenvalue weighted by molar-refractivity contribution is 5.84. The highest BCUT2D eigenvalue weighted by Gasteiger charge is 2.49. The van der Waals surface area contributed by atoms with Crippen molar-refractivity contribution >= 4 is 11.8 Å². The number of hydrogen-bond acceptors (Lipinski definition) is 3. The number of carbonyl (C=O) groups is 2. The molecule has 2 atom stereocenters. The molecule has 0 aromatic heterocycles. The van der Waals surface area contributed by atoms with Crippen LogP contribution in [0.15, 0.2) is 0 Å². The van der Waals surface area contributed by atoms with Gasteiger partial charge in [-0.15, -0.1) is 0 Å². The van der Waals surface area contributed by atoms with E-state index in [1.54, 1.807) is 0 Å². The standard InChI is InChI=1S/C18H31N3O2/c22-16(11-14-5-1-2-6-14)20-9-10-21-17(23)18-8-4-3-7-15(18)12-19-13-18/h14-15,19H,1-13H2,(H,20,22)(H,21,23)/t15-,18+/m0/s1. The molecule has 0 unspecified atom stereocenters. The minimum absolute atomic E-state index is 0.141. The SMILES string of the molecule is O=C(CC1CCCC1)NCCNC(=O)[C@@]12CCCC[C@H]1CNC2. The van der Waals surface area contributed by atoms with Crippen LogP contribution < -0.4 is 16.0 Å². The summed E-state index contributed by atoms with van der Waals surface area (Å²) in [4.78, 5) is 24.6. The summed E-state index contributed by atoms with van der Waals surface area (Å²) in [6.45, 7) is 2.89. The summed E-state index contributed by atoms with van der Waals surface area (Å²) in [6.07, 6.45) is 10.2. The van der Waals surface area contributed by atoms with Crippen LogP contribution >= 0.6 is 0 Å². The Balaban J connectivity index is 1.36. The number of amides is 2. The maximum atomic E-state index is 12.7. The van der Waals surface area contributed by atoms with E-state index in [0.717, 1.165) is 25.9 Å². The van der Waals surface area contributed by atoms with Crippen molar-refractivity contribution in [2.75, 3.05) is 26.2 Å². The fourth-order valence-electron chi connectivity index (χ4n) is 4.79. The Labute approximate surface area is 139 Å². The van der Waals surface area contributed by atoms with Gasteiger partial charge in [-0.05, 0) is 44.1 Å². The first kappa shape index (κ1) is 16.7. The zero-order valence-electron chi connectivity index (χ0n) is 14.2. The lowest BCUT2D eigenvalue weighted by Crippen LogP contribution is -2.49. The van der Waals surface area contributed by atoms with E-state index in [4.69, 9.17) is 0 Å². The highest BCUT2D eigenvalue weighted by Crippen LogP contribution is 2.43. The van der Waals surface area contributed by atoms with Crippen LogP contribution in [0.5, 0.6) is 0 Å². The molecule has 5 heteroatoms. The van der Waals surface area contributed by atoms with Gasteiger partial charge in [0.2, 0.25) is 11.8 Å². The zero-order valence-corrected chi connectivity index (χ0v) is 14.2. The number of nitrogens with one attached hydrogen (secondary N) is 3. The maximum Gasteiger partial charge on any atom is 0.227 e. The van der Waals surface area contributed by atoms with E-state index < -0.39 is 0 Å². The van der Waals surface area contributed by atoms with Gasteiger partial charge in [-0.1, -0.05) is 25.7 Å². The smallest absolute Gasteiger partial charge is 0.227 e. The zero-order chi connectivity index (χ0) is 16.1. The van der Waals surface area contributed by atoms with E-state index >= 15 is 0 Å². The Bertz CT molecular complexity index is 434. The first-order valence-corrected chi connectivity index (χ1v) is 9.46. The molecule has 0 radical (unpaired) electrons. The van der Waals surface area contributed by atoms with E-state index in [-0.39, 0.29) is 17.2 Å². The molecule has 2 amide bonds. The molecule has 3 fully saturated rings. The first-order valence-electron chi connectivity index (χ1n) is 9.46. The average molecular weight is 321 g/mol. The third-order valence-corrected chi connectivity index (χ3v) is 6.17. The largest absolute Gasteiger partial charge is 0.354 e. The summed E-state index contributed by atoms with van der Waals surface area (Å²) < 4.78 is 0. The topological polar surface area (TPSA) is 70.2 Å². The van der Waals surface area contributed by atoms with Gasteiger partial charge < -0.3 is 16.0 Å². The van der Waals surface area contributed by atoms with Crippen LogP contribution in [0.3, 0.4) is 0 Å². The van der Waals surface area contributed by atoms with E-state index in [0.29, 0.717) is 31.3 Å². The van der Waals surface area contributed by atoms with Gasteiger partial charge in [-0.3, -0.25) is 9.59 Å². The fourth-order valence-corrected chi connectivity index (χ4v) is 4.79. The van der Waals surface area contributed by atoms with Crippen molar-refractivity contribution < 1.29 is 9.59 Å². The number of rotatable bonds is 6. The monoisotopic (exact) mass is 321 g/mol. The fraction of sp³-hybridized carbons (Fsp3) is 0.889. The second kappa shape index (κ2) is 7.65. The summed E-state index contributed by atoms with van der Waals surface area (Å²) >= 11 is 0. The first-order chi connectivity index (χ1) is 11.2. The highest BCUT2D eigenvalue weighted by atomic mass is 16.2. The molecule has 3 aliphatic rings. The third-order valence-electron chi connectivity index (χ3n) is 6.17. The predicted molar refractivity (Wildman–Crippen MR) is 89.9 cm³/mol. The number of carbonyl (C=O) groups excluding carboxylic acids is 2. The summed E-state index contributed by atoms with van der Waals surface area (Å²) in [5, 5.41) is 9.43. The molecule has 0 aromatic rings. The molecule has 23 heavy (non-hydrogen) atoms. The molecule has 3 rings (SSSR count). The van der Waals surface area contributed by atoms with Crippen molar-refractivity contribution in [3.05, 3.63) is 0 Å². The van der Waals surface area contributed by atoms with Crippen molar-refractivity contribution in [2.45, 2.75) is 57.8 Å².